The normalized spacial score (nSPS) is 10.4. The first-order valence-corrected chi connectivity index (χ1v) is 5.97. The quantitative estimate of drug-likeness (QED) is 0.900. The van der Waals surface area contributed by atoms with Crippen LogP contribution in [-0.2, 0) is 6.42 Å². The van der Waals surface area contributed by atoms with Crippen LogP contribution in [0.4, 0.5) is 5.82 Å². The molecule has 4 heteroatoms. The molecule has 0 radical (unpaired) electrons. The number of hydrogen-bond acceptors (Lipinski definition) is 4. The highest BCUT2D eigenvalue weighted by Gasteiger charge is 2.09. The largest absolute Gasteiger partial charge is 0.439 e. The van der Waals surface area contributed by atoms with Gasteiger partial charge in [0.25, 0.3) is 0 Å². The molecule has 18 heavy (non-hydrogen) atoms. The van der Waals surface area contributed by atoms with E-state index in [0.29, 0.717) is 17.5 Å². The predicted molar refractivity (Wildman–Crippen MR) is 71.8 cm³/mol. The third kappa shape index (κ3) is 2.59. The lowest BCUT2D eigenvalue weighted by atomic mass is 10.2. The number of rotatable bonds is 3. The van der Waals surface area contributed by atoms with Crippen LogP contribution in [0.3, 0.4) is 0 Å². The van der Waals surface area contributed by atoms with Crippen LogP contribution in [0.2, 0.25) is 0 Å². The Bertz CT molecular complexity index is 550. The van der Waals surface area contributed by atoms with Gasteiger partial charge in [-0.05, 0) is 26.0 Å². The highest BCUT2D eigenvalue weighted by Crippen LogP contribution is 2.25. The van der Waals surface area contributed by atoms with Crippen molar-refractivity contribution in [3.05, 3.63) is 41.2 Å². The second kappa shape index (κ2) is 5.04. The molecule has 0 spiro atoms. The van der Waals surface area contributed by atoms with E-state index >= 15 is 0 Å². The highest BCUT2D eigenvalue weighted by atomic mass is 16.5. The molecular weight excluding hydrogens is 226 g/mol. The second-order valence-electron chi connectivity index (χ2n) is 4.22. The van der Waals surface area contributed by atoms with Crippen molar-refractivity contribution in [2.75, 3.05) is 5.73 Å². The van der Waals surface area contributed by atoms with Crippen molar-refractivity contribution in [3.63, 3.8) is 0 Å². The standard InChI is InChI=1S/C14H17N3O/c1-4-12-16-13(15)10(3)14(17-12)18-11-7-5-9(2)6-8-11/h5-8H,4H2,1-3H3,(H2,15,16,17). The van der Waals surface area contributed by atoms with Crippen LogP contribution in [0.5, 0.6) is 11.6 Å². The molecular formula is C14H17N3O. The van der Waals surface area contributed by atoms with Crippen molar-refractivity contribution in [1.82, 2.24) is 9.97 Å². The predicted octanol–water partition coefficient (Wildman–Crippen LogP) is 3.03. The zero-order valence-corrected chi connectivity index (χ0v) is 10.9. The lowest BCUT2D eigenvalue weighted by Gasteiger charge is -2.10. The Hall–Kier alpha value is -2.10. The fourth-order valence-corrected chi connectivity index (χ4v) is 1.53. The van der Waals surface area contributed by atoms with Crippen molar-refractivity contribution in [2.45, 2.75) is 27.2 Å². The van der Waals surface area contributed by atoms with Crippen molar-refractivity contribution < 1.29 is 4.74 Å². The Kier molecular flexibility index (Phi) is 3.46. The van der Waals surface area contributed by atoms with Gasteiger partial charge in [0.15, 0.2) is 0 Å². The zero-order chi connectivity index (χ0) is 13.1. The third-order valence-electron chi connectivity index (χ3n) is 2.74. The van der Waals surface area contributed by atoms with E-state index in [0.717, 1.165) is 17.7 Å². The van der Waals surface area contributed by atoms with Crippen LogP contribution in [-0.4, -0.2) is 9.97 Å². The summed E-state index contributed by atoms with van der Waals surface area (Å²) in [5.74, 6) is 2.45. The highest BCUT2D eigenvalue weighted by molar-refractivity contribution is 5.46. The van der Waals surface area contributed by atoms with Gasteiger partial charge in [-0.3, -0.25) is 0 Å². The van der Waals surface area contributed by atoms with E-state index in [9.17, 15) is 0 Å². The summed E-state index contributed by atoms with van der Waals surface area (Å²) in [6.07, 6.45) is 0.731. The molecule has 0 bridgehead atoms. The summed E-state index contributed by atoms with van der Waals surface area (Å²) >= 11 is 0. The Morgan fingerprint density at radius 2 is 1.78 bits per heavy atom. The lowest BCUT2D eigenvalue weighted by Crippen LogP contribution is -2.04. The number of aryl methyl sites for hydroxylation is 2. The van der Waals surface area contributed by atoms with Gasteiger partial charge in [-0.1, -0.05) is 24.6 Å². The molecule has 0 atom stereocenters. The van der Waals surface area contributed by atoms with Crippen LogP contribution in [0.25, 0.3) is 0 Å². The summed E-state index contributed by atoms with van der Waals surface area (Å²) in [7, 11) is 0. The van der Waals surface area contributed by atoms with Gasteiger partial charge >= 0.3 is 0 Å². The SMILES string of the molecule is CCc1nc(N)c(C)c(Oc2ccc(C)cc2)n1. The maximum atomic E-state index is 5.84. The van der Waals surface area contributed by atoms with Crippen molar-refractivity contribution in [3.8, 4) is 11.6 Å². The molecule has 1 heterocycles. The van der Waals surface area contributed by atoms with E-state index in [2.05, 4.69) is 9.97 Å². The summed E-state index contributed by atoms with van der Waals surface area (Å²) in [4.78, 5) is 8.55. The van der Waals surface area contributed by atoms with Crippen LogP contribution in [0.15, 0.2) is 24.3 Å². The number of nitrogens with zero attached hydrogens (tertiary/aromatic N) is 2. The summed E-state index contributed by atoms with van der Waals surface area (Å²) < 4.78 is 5.76. The van der Waals surface area contributed by atoms with Gasteiger partial charge in [0.1, 0.15) is 17.4 Å². The first-order chi connectivity index (χ1) is 8.60. The van der Waals surface area contributed by atoms with Gasteiger partial charge in [0.05, 0.1) is 5.56 Å². The molecule has 2 N–H and O–H groups in total. The van der Waals surface area contributed by atoms with Gasteiger partial charge in [-0.25, -0.2) is 4.98 Å². The number of aromatic nitrogens is 2. The lowest BCUT2D eigenvalue weighted by molar-refractivity contribution is 0.455. The minimum Gasteiger partial charge on any atom is -0.439 e. The van der Waals surface area contributed by atoms with Gasteiger partial charge in [0.2, 0.25) is 5.88 Å². The summed E-state index contributed by atoms with van der Waals surface area (Å²) in [5.41, 5.74) is 7.81. The fraction of sp³-hybridized carbons (Fsp3) is 0.286. The first-order valence-electron chi connectivity index (χ1n) is 5.97. The summed E-state index contributed by atoms with van der Waals surface area (Å²) in [6, 6.07) is 7.82. The maximum absolute atomic E-state index is 5.84. The topological polar surface area (TPSA) is 61.0 Å². The van der Waals surface area contributed by atoms with Crippen LogP contribution >= 0.6 is 0 Å². The zero-order valence-electron chi connectivity index (χ0n) is 10.9. The number of nitrogens with two attached hydrogens (primary N) is 1. The van der Waals surface area contributed by atoms with Crippen LogP contribution < -0.4 is 10.5 Å². The minimum atomic E-state index is 0.476. The van der Waals surface area contributed by atoms with Crippen LogP contribution in [0, 0.1) is 13.8 Å². The monoisotopic (exact) mass is 243 g/mol. The number of hydrogen-bond donors (Lipinski definition) is 1. The van der Waals surface area contributed by atoms with Crippen molar-refractivity contribution >= 4 is 5.82 Å². The maximum Gasteiger partial charge on any atom is 0.227 e. The second-order valence-corrected chi connectivity index (χ2v) is 4.22. The molecule has 0 unspecified atom stereocenters. The molecule has 94 valence electrons. The molecule has 0 saturated carbocycles. The Balaban J connectivity index is 2.33. The molecule has 2 aromatic rings. The summed E-state index contributed by atoms with van der Waals surface area (Å²) in [6.45, 7) is 5.88. The molecule has 1 aromatic heterocycles. The molecule has 0 amide bonds. The van der Waals surface area contributed by atoms with E-state index < -0.39 is 0 Å². The molecule has 2 rings (SSSR count). The van der Waals surface area contributed by atoms with Crippen molar-refractivity contribution in [1.29, 1.82) is 0 Å². The molecule has 1 aromatic carbocycles. The molecule has 0 aliphatic heterocycles. The molecule has 0 saturated heterocycles. The van der Waals surface area contributed by atoms with E-state index in [4.69, 9.17) is 10.5 Å². The average Bonchev–Trinajstić information content (AvgIpc) is 2.37. The molecule has 0 fully saturated rings. The Morgan fingerprint density at radius 3 is 2.39 bits per heavy atom. The molecule has 0 aliphatic rings. The molecule has 4 nitrogen and oxygen atoms in total. The van der Waals surface area contributed by atoms with E-state index in [-0.39, 0.29) is 0 Å². The van der Waals surface area contributed by atoms with Gasteiger partial charge < -0.3 is 10.5 Å². The van der Waals surface area contributed by atoms with Gasteiger partial charge in [-0.15, -0.1) is 0 Å². The summed E-state index contributed by atoms with van der Waals surface area (Å²) in [5, 5.41) is 0. The Morgan fingerprint density at radius 1 is 1.11 bits per heavy atom. The average molecular weight is 243 g/mol. The Labute approximate surface area is 107 Å². The van der Waals surface area contributed by atoms with E-state index in [1.807, 2.05) is 45.0 Å². The minimum absolute atomic E-state index is 0.476. The number of benzene rings is 1. The third-order valence-corrected chi connectivity index (χ3v) is 2.74. The number of nitrogen functional groups attached to an aromatic ring is 1. The van der Waals surface area contributed by atoms with Gasteiger partial charge in [-0.2, -0.15) is 4.98 Å². The number of anilines is 1. The first kappa shape index (κ1) is 12.4. The van der Waals surface area contributed by atoms with E-state index in [1.165, 1.54) is 5.56 Å². The van der Waals surface area contributed by atoms with Crippen molar-refractivity contribution in [2.24, 2.45) is 0 Å². The smallest absolute Gasteiger partial charge is 0.227 e. The molecule has 0 aliphatic carbocycles. The van der Waals surface area contributed by atoms with E-state index in [1.54, 1.807) is 0 Å². The number of ether oxygens (including phenoxy) is 1. The van der Waals surface area contributed by atoms with Gasteiger partial charge in [0, 0.05) is 6.42 Å². The fourth-order valence-electron chi connectivity index (χ4n) is 1.53. The van der Waals surface area contributed by atoms with Crippen LogP contribution in [0.1, 0.15) is 23.9 Å².